The molecular weight excluding hydrogens is 206 g/mol. The van der Waals surface area contributed by atoms with Gasteiger partial charge in [0.05, 0.1) is 6.10 Å². The van der Waals surface area contributed by atoms with Crippen molar-refractivity contribution in [2.24, 2.45) is 11.8 Å². The summed E-state index contributed by atoms with van der Waals surface area (Å²) in [7, 11) is 0. The Morgan fingerprint density at radius 2 is 2.38 bits per heavy atom. The third kappa shape index (κ3) is 2.23. The monoisotopic (exact) mass is 223 g/mol. The number of aromatic nitrogens is 2. The number of rotatable bonds is 2. The number of nitrogen functional groups attached to an aromatic ring is 1. The van der Waals surface area contributed by atoms with E-state index in [9.17, 15) is 5.11 Å². The van der Waals surface area contributed by atoms with Crippen molar-refractivity contribution in [2.45, 2.75) is 19.4 Å². The molecule has 2 atom stereocenters. The summed E-state index contributed by atoms with van der Waals surface area (Å²) >= 11 is 0. The van der Waals surface area contributed by atoms with Crippen molar-refractivity contribution in [2.75, 3.05) is 23.4 Å². The fourth-order valence-corrected chi connectivity index (χ4v) is 1.94. The maximum absolute atomic E-state index is 9.65. The molecule has 4 N–H and O–H groups in total. The van der Waals surface area contributed by atoms with Gasteiger partial charge in [-0.15, -0.1) is 0 Å². The molecule has 6 heteroatoms. The van der Waals surface area contributed by atoms with Gasteiger partial charge in [-0.2, -0.15) is 0 Å². The van der Waals surface area contributed by atoms with E-state index in [-0.39, 0.29) is 12.0 Å². The molecule has 88 valence electrons. The largest absolute Gasteiger partial charge is 0.393 e. The molecule has 16 heavy (non-hydrogen) atoms. The first-order chi connectivity index (χ1) is 7.70. The van der Waals surface area contributed by atoms with Crippen molar-refractivity contribution in [3.05, 3.63) is 12.4 Å². The van der Waals surface area contributed by atoms with Gasteiger partial charge in [-0.05, 0) is 12.3 Å². The Morgan fingerprint density at radius 3 is 3.06 bits per heavy atom. The second-order valence-corrected chi connectivity index (χ2v) is 4.19. The van der Waals surface area contributed by atoms with Crippen molar-refractivity contribution in [1.82, 2.24) is 9.97 Å². The van der Waals surface area contributed by atoms with Crippen LogP contribution in [-0.4, -0.2) is 34.3 Å². The van der Waals surface area contributed by atoms with Crippen LogP contribution in [0.25, 0.3) is 0 Å². The summed E-state index contributed by atoms with van der Waals surface area (Å²) in [4.78, 5) is 10.3. The number of aliphatic hydroxyl groups excluding tert-OH is 1. The number of hydrogen-bond acceptors (Lipinski definition) is 6. The number of hydrogen-bond donors (Lipinski definition) is 3. The number of hydrazine groups is 1. The second-order valence-electron chi connectivity index (χ2n) is 4.19. The van der Waals surface area contributed by atoms with E-state index in [0.717, 1.165) is 25.3 Å². The lowest BCUT2D eigenvalue weighted by Crippen LogP contribution is -2.42. The molecule has 0 amide bonds. The minimum Gasteiger partial charge on any atom is -0.393 e. The predicted octanol–water partition coefficient (Wildman–Crippen LogP) is -0.0307. The van der Waals surface area contributed by atoms with Crippen molar-refractivity contribution in [3.63, 3.8) is 0 Å². The molecule has 1 saturated heterocycles. The Balaban J connectivity index is 2.12. The zero-order chi connectivity index (χ0) is 11.5. The number of nitrogens with two attached hydrogens (primary N) is 1. The van der Waals surface area contributed by atoms with Gasteiger partial charge in [0.25, 0.3) is 0 Å². The Bertz CT molecular complexity index is 359. The molecule has 2 unspecified atom stereocenters. The first-order valence-electron chi connectivity index (χ1n) is 5.42. The van der Waals surface area contributed by atoms with Crippen LogP contribution in [0.5, 0.6) is 0 Å². The molecule has 2 heterocycles. The first kappa shape index (κ1) is 11.1. The molecule has 1 aliphatic rings. The van der Waals surface area contributed by atoms with Crippen LogP contribution in [0.2, 0.25) is 0 Å². The van der Waals surface area contributed by atoms with Crippen LogP contribution < -0.4 is 16.2 Å². The summed E-state index contributed by atoms with van der Waals surface area (Å²) in [6, 6.07) is 1.81. The molecule has 0 spiro atoms. The minimum atomic E-state index is -0.204. The van der Waals surface area contributed by atoms with Crippen LogP contribution in [0.3, 0.4) is 0 Å². The second kappa shape index (κ2) is 4.63. The summed E-state index contributed by atoms with van der Waals surface area (Å²) in [6.45, 7) is 3.66. The topological polar surface area (TPSA) is 87.3 Å². The normalized spacial score (nSPS) is 25.6. The molecule has 1 aromatic heterocycles. The summed E-state index contributed by atoms with van der Waals surface area (Å²) < 4.78 is 0. The van der Waals surface area contributed by atoms with Crippen molar-refractivity contribution >= 4 is 11.6 Å². The molecule has 0 aromatic carbocycles. The van der Waals surface area contributed by atoms with E-state index in [1.165, 1.54) is 6.33 Å². The highest BCUT2D eigenvalue weighted by atomic mass is 16.3. The van der Waals surface area contributed by atoms with Crippen molar-refractivity contribution < 1.29 is 5.11 Å². The maximum atomic E-state index is 9.65. The zero-order valence-corrected chi connectivity index (χ0v) is 9.30. The smallest absolute Gasteiger partial charge is 0.145 e. The van der Waals surface area contributed by atoms with E-state index in [1.807, 2.05) is 13.0 Å². The first-order valence-corrected chi connectivity index (χ1v) is 5.42. The van der Waals surface area contributed by atoms with Gasteiger partial charge >= 0.3 is 0 Å². The van der Waals surface area contributed by atoms with Crippen LogP contribution in [0, 0.1) is 5.92 Å². The van der Waals surface area contributed by atoms with Gasteiger partial charge in [0.2, 0.25) is 0 Å². The lowest BCUT2D eigenvalue weighted by molar-refractivity contribution is 0.0969. The Labute approximate surface area is 94.5 Å². The molecule has 1 aromatic rings. The molecular formula is C10H17N5O. The van der Waals surface area contributed by atoms with Gasteiger partial charge in [-0.3, -0.25) is 0 Å². The number of anilines is 2. The average molecular weight is 223 g/mol. The lowest BCUT2D eigenvalue weighted by Gasteiger charge is -2.35. The third-order valence-corrected chi connectivity index (χ3v) is 2.98. The quantitative estimate of drug-likeness (QED) is 0.482. The molecule has 2 rings (SSSR count). The lowest BCUT2D eigenvalue weighted by atomic mass is 9.97. The molecule has 0 aliphatic carbocycles. The highest BCUT2D eigenvalue weighted by Gasteiger charge is 2.24. The SMILES string of the molecule is CC1CN(c2cc(NN)ncn2)CCC1O. The fourth-order valence-electron chi connectivity index (χ4n) is 1.94. The van der Waals surface area contributed by atoms with E-state index in [4.69, 9.17) is 5.84 Å². The van der Waals surface area contributed by atoms with E-state index in [0.29, 0.717) is 5.82 Å². The summed E-state index contributed by atoms with van der Waals surface area (Å²) in [5.74, 6) is 7.01. The van der Waals surface area contributed by atoms with Crippen LogP contribution in [0.4, 0.5) is 11.6 Å². The van der Waals surface area contributed by atoms with Crippen LogP contribution in [0.1, 0.15) is 13.3 Å². The summed E-state index contributed by atoms with van der Waals surface area (Å²) in [6.07, 6.45) is 2.06. The van der Waals surface area contributed by atoms with Gasteiger partial charge in [0.1, 0.15) is 18.0 Å². The summed E-state index contributed by atoms with van der Waals surface area (Å²) in [5, 5.41) is 9.65. The van der Waals surface area contributed by atoms with Crippen LogP contribution in [0.15, 0.2) is 12.4 Å². The molecule has 1 aliphatic heterocycles. The average Bonchev–Trinajstić information content (AvgIpc) is 2.33. The molecule has 0 bridgehead atoms. The number of aliphatic hydroxyl groups is 1. The molecule has 1 fully saturated rings. The third-order valence-electron chi connectivity index (χ3n) is 2.98. The Morgan fingerprint density at radius 1 is 1.56 bits per heavy atom. The van der Waals surface area contributed by atoms with E-state index in [2.05, 4.69) is 20.3 Å². The zero-order valence-electron chi connectivity index (χ0n) is 9.30. The van der Waals surface area contributed by atoms with Gasteiger partial charge < -0.3 is 15.4 Å². The van der Waals surface area contributed by atoms with Gasteiger partial charge in [0, 0.05) is 19.2 Å². The number of nitrogens with one attached hydrogen (secondary N) is 1. The van der Waals surface area contributed by atoms with Crippen molar-refractivity contribution in [1.29, 1.82) is 0 Å². The van der Waals surface area contributed by atoms with Gasteiger partial charge in [-0.25, -0.2) is 15.8 Å². The minimum absolute atomic E-state index is 0.204. The van der Waals surface area contributed by atoms with E-state index < -0.39 is 0 Å². The number of piperidine rings is 1. The standard InChI is InChI=1S/C10H17N5O/c1-7-5-15(3-2-8(7)16)10-4-9(14-11)12-6-13-10/h4,6-8,16H,2-3,5,11H2,1H3,(H,12,13,14). The molecule has 0 radical (unpaired) electrons. The van der Waals surface area contributed by atoms with E-state index in [1.54, 1.807) is 0 Å². The highest BCUT2D eigenvalue weighted by molar-refractivity contribution is 5.48. The Kier molecular flexibility index (Phi) is 3.21. The molecule has 6 nitrogen and oxygen atoms in total. The van der Waals surface area contributed by atoms with Gasteiger partial charge in [0.15, 0.2) is 0 Å². The van der Waals surface area contributed by atoms with Crippen molar-refractivity contribution in [3.8, 4) is 0 Å². The van der Waals surface area contributed by atoms with Crippen LogP contribution >= 0.6 is 0 Å². The van der Waals surface area contributed by atoms with E-state index >= 15 is 0 Å². The van der Waals surface area contributed by atoms with Gasteiger partial charge in [-0.1, -0.05) is 6.92 Å². The van der Waals surface area contributed by atoms with Crippen LogP contribution in [-0.2, 0) is 0 Å². The Hall–Kier alpha value is -1.40. The maximum Gasteiger partial charge on any atom is 0.145 e. The highest BCUT2D eigenvalue weighted by Crippen LogP contribution is 2.22. The molecule has 0 saturated carbocycles. The number of nitrogens with zero attached hydrogens (tertiary/aromatic N) is 3. The fraction of sp³-hybridized carbons (Fsp3) is 0.600. The summed E-state index contributed by atoms with van der Waals surface area (Å²) in [5.41, 5.74) is 2.50. The predicted molar refractivity (Wildman–Crippen MR) is 61.8 cm³/mol.